The predicted octanol–water partition coefficient (Wildman–Crippen LogP) is 3.31. The van der Waals surface area contributed by atoms with Gasteiger partial charge < -0.3 is 5.32 Å². The average molecular weight is 270 g/mol. The molecule has 2 nitrogen and oxygen atoms in total. The maximum atomic E-state index is 12.6. The van der Waals surface area contributed by atoms with Crippen molar-refractivity contribution in [3.05, 3.63) is 35.9 Å². The van der Waals surface area contributed by atoms with Crippen LogP contribution in [0, 0.1) is 0 Å². The lowest BCUT2D eigenvalue weighted by atomic mass is 9.96. The number of hydrogen-bond acceptors (Lipinski definition) is 2. The molecule has 0 spiro atoms. The maximum absolute atomic E-state index is 12.6. The number of nitrogens with one attached hydrogen (secondary N) is 1. The zero-order valence-electron chi connectivity index (χ0n) is 11.9. The Morgan fingerprint density at radius 1 is 1.16 bits per heavy atom. The first-order valence-corrected chi connectivity index (χ1v) is 6.86. The van der Waals surface area contributed by atoms with Gasteiger partial charge in [0.2, 0.25) is 0 Å². The van der Waals surface area contributed by atoms with Gasteiger partial charge >= 0.3 is 0 Å². The van der Waals surface area contributed by atoms with Gasteiger partial charge in [-0.3, -0.25) is 4.90 Å². The summed E-state index contributed by atoms with van der Waals surface area (Å²) in [5.74, 6) is 0. The lowest BCUT2D eigenvalue weighted by molar-refractivity contribution is 0.0689. The Morgan fingerprint density at radius 2 is 1.79 bits per heavy atom. The fourth-order valence-corrected chi connectivity index (χ4v) is 2.51. The van der Waals surface area contributed by atoms with E-state index in [9.17, 15) is 8.78 Å². The summed E-state index contributed by atoms with van der Waals surface area (Å²) in [6, 6.07) is 10.2. The van der Waals surface area contributed by atoms with E-state index in [0.29, 0.717) is 0 Å². The third kappa shape index (κ3) is 4.88. The highest BCUT2D eigenvalue weighted by Gasteiger charge is 2.26. The summed E-state index contributed by atoms with van der Waals surface area (Å²) < 4.78 is 25.1. The number of hydrogen-bond donors (Lipinski definition) is 1. The SMILES string of the molecule is CCNC(c1ccccc1)C(CC)N(C)CC(F)F. The number of alkyl halides is 2. The van der Waals surface area contributed by atoms with Crippen molar-refractivity contribution in [3.63, 3.8) is 0 Å². The second-order valence-corrected chi connectivity index (χ2v) is 4.75. The Hall–Kier alpha value is -1.00. The summed E-state index contributed by atoms with van der Waals surface area (Å²) in [6.07, 6.45) is -1.47. The molecule has 0 saturated carbocycles. The first kappa shape index (κ1) is 16.1. The topological polar surface area (TPSA) is 15.3 Å². The van der Waals surface area contributed by atoms with Crippen LogP contribution in [0.15, 0.2) is 30.3 Å². The van der Waals surface area contributed by atoms with Crippen molar-refractivity contribution in [1.82, 2.24) is 10.2 Å². The molecule has 2 atom stereocenters. The number of halogens is 2. The minimum atomic E-state index is -2.29. The van der Waals surface area contributed by atoms with E-state index in [1.54, 1.807) is 11.9 Å². The van der Waals surface area contributed by atoms with Crippen LogP contribution in [0.4, 0.5) is 8.78 Å². The van der Waals surface area contributed by atoms with Crippen LogP contribution in [0.25, 0.3) is 0 Å². The van der Waals surface area contributed by atoms with E-state index < -0.39 is 6.43 Å². The fraction of sp³-hybridized carbons (Fsp3) is 0.600. The summed E-state index contributed by atoms with van der Waals surface area (Å²) in [7, 11) is 1.77. The molecule has 108 valence electrons. The molecule has 0 fully saturated rings. The van der Waals surface area contributed by atoms with Gasteiger partial charge in [0.25, 0.3) is 6.43 Å². The van der Waals surface area contributed by atoms with E-state index in [4.69, 9.17) is 0 Å². The molecule has 0 aliphatic carbocycles. The third-order valence-electron chi connectivity index (χ3n) is 3.38. The fourth-order valence-electron chi connectivity index (χ4n) is 2.51. The molecule has 0 amide bonds. The Labute approximate surface area is 114 Å². The van der Waals surface area contributed by atoms with E-state index in [-0.39, 0.29) is 18.6 Å². The van der Waals surface area contributed by atoms with Gasteiger partial charge in [-0.15, -0.1) is 0 Å². The number of benzene rings is 1. The van der Waals surface area contributed by atoms with Crippen molar-refractivity contribution in [2.45, 2.75) is 38.8 Å². The van der Waals surface area contributed by atoms with Crippen LogP contribution in [-0.4, -0.2) is 37.5 Å². The van der Waals surface area contributed by atoms with Crippen LogP contribution < -0.4 is 5.32 Å². The van der Waals surface area contributed by atoms with Gasteiger partial charge in [0, 0.05) is 12.1 Å². The molecule has 1 aromatic carbocycles. The molecule has 4 heteroatoms. The normalized spacial score (nSPS) is 14.9. The molecule has 1 N–H and O–H groups in total. The van der Waals surface area contributed by atoms with E-state index in [1.165, 1.54) is 0 Å². The van der Waals surface area contributed by atoms with Crippen LogP contribution in [0.5, 0.6) is 0 Å². The summed E-state index contributed by atoms with van der Waals surface area (Å²) in [5, 5.41) is 3.42. The molecule has 2 unspecified atom stereocenters. The minimum absolute atomic E-state index is 0.0661. The predicted molar refractivity (Wildman–Crippen MR) is 75.6 cm³/mol. The molecular formula is C15H24F2N2. The van der Waals surface area contributed by atoms with Gasteiger partial charge in [-0.25, -0.2) is 8.78 Å². The van der Waals surface area contributed by atoms with Gasteiger partial charge in [0.1, 0.15) is 0 Å². The number of rotatable bonds is 8. The van der Waals surface area contributed by atoms with Crippen LogP contribution in [-0.2, 0) is 0 Å². The largest absolute Gasteiger partial charge is 0.309 e. The summed E-state index contributed by atoms with van der Waals surface area (Å²) in [5.41, 5.74) is 1.15. The lowest BCUT2D eigenvalue weighted by Gasteiger charge is -2.34. The van der Waals surface area contributed by atoms with Crippen LogP contribution >= 0.6 is 0 Å². The highest BCUT2D eigenvalue weighted by Crippen LogP contribution is 2.23. The molecule has 0 heterocycles. The van der Waals surface area contributed by atoms with Gasteiger partial charge in [0.15, 0.2) is 0 Å². The zero-order chi connectivity index (χ0) is 14.3. The lowest BCUT2D eigenvalue weighted by Crippen LogP contribution is -2.44. The smallest absolute Gasteiger partial charge is 0.251 e. The molecule has 0 saturated heterocycles. The maximum Gasteiger partial charge on any atom is 0.251 e. The zero-order valence-corrected chi connectivity index (χ0v) is 11.9. The quantitative estimate of drug-likeness (QED) is 0.779. The Balaban J connectivity index is 2.88. The number of nitrogens with zero attached hydrogens (tertiary/aromatic N) is 1. The average Bonchev–Trinajstić information content (AvgIpc) is 2.39. The molecule has 1 rings (SSSR count). The van der Waals surface area contributed by atoms with Gasteiger partial charge in [-0.2, -0.15) is 0 Å². The van der Waals surface area contributed by atoms with Crippen molar-refractivity contribution in [1.29, 1.82) is 0 Å². The van der Waals surface area contributed by atoms with Crippen molar-refractivity contribution in [2.75, 3.05) is 20.1 Å². The van der Waals surface area contributed by atoms with E-state index in [0.717, 1.165) is 18.5 Å². The monoisotopic (exact) mass is 270 g/mol. The van der Waals surface area contributed by atoms with Gasteiger partial charge in [0.05, 0.1) is 6.54 Å². The van der Waals surface area contributed by atoms with Crippen molar-refractivity contribution < 1.29 is 8.78 Å². The van der Waals surface area contributed by atoms with Gasteiger partial charge in [-0.1, -0.05) is 44.2 Å². The molecule has 0 bridgehead atoms. The van der Waals surface area contributed by atoms with E-state index >= 15 is 0 Å². The number of likely N-dealkylation sites (N-methyl/N-ethyl adjacent to an activating group) is 2. The summed E-state index contributed by atoms with van der Waals surface area (Å²) in [4.78, 5) is 1.75. The standard InChI is InChI=1S/C15H24F2N2/c1-4-13(19(3)11-14(16)17)15(18-5-2)12-9-7-6-8-10-12/h6-10,13-15,18H,4-5,11H2,1-3H3. The van der Waals surface area contributed by atoms with Crippen molar-refractivity contribution in [3.8, 4) is 0 Å². The second-order valence-electron chi connectivity index (χ2n) is 4.75. The molecule has 0 aromatic heterocycles. The van der Waals surface area contributed by atoms with E-state index in [2.05, 4.69) is 5.32 Å². The molecule has 0 radical (unpaired) electrons. The molecular weight excluding hydrogens is 246 g/mol. The first-order chi connectivity index (χ1) is 9.10. The van der Waals surface area contributed by atoms with Crippen molar-refractivity contribution in [2.24, 2.45) is 0 Å². The van der Waals surface area contributed by atoms with Crippen LogP contribution in [0.3, 0.4) is 0 Å². The third-order valence-corrected chi connectivity index (χ3v) is 3.38. The highest BCUT2D eigenvalue weighted by atomic mass is 19.3. The van der Waals surface area contributed by atoms with Crippen LogP contribution in [0.2, 0.25) is 0 Å². The van der Waals surface area contributed by atoms with Gasteiger partial charge in [-0.05, 0) is 25.6 Å². The Kier molecular flexibility index (Phi) is 6.95. The molecule has 0 aliphatic heterocycles. The summed E-state index contributed by atoms with van der Waals surface area (Å²) in [6.45, 7) is 4.71. The minimum Gasteiger partial charge on any atom is -0.309 e. The van der Waals surface area contributed by atoms with Crippen LogP contribution in [0.1, 0.15) is 31.9 Å². The summed E-state index contributed by atoms with van der Waals surface area (Å²) >= 11 is 0. The Bertz CT molecular complexity index is 343. The highest BCUT2D eigenvalue weighted by molar-refractivity contribution is 5.20. The molecule has 0 aliphatic rings. The van der Waals surface area contributed by atoms with E-state index in [1.807, 2.05) is 44.2 Å². The second kappa shape index (κ2) is 8.23. The Morgan fingerprint density at radius 3 is 2.26 bits per heavy atom. The molecule has 1 aromatic rings. The molecule has 19 heavy (non-hydrogen) atoms. The van der Waals surface area contributed by atoms with Crippen molar-refractivity contribution >= 4 is 0 Å². The first-order valence-electron chi connectivity index (χ1n) is 6.86.